The number of aryl methyl sites for hydroxylation is 1. The van der Waals surface area contributed by atoms with Gasteiger partial charge in [-0.25, -0.2) is 9.13 Å². The number of hydrogen-bond donors (Lipinski definition) is 1. The van der Waals surface area contributed by atoms with Crippen LogP contribution in [0.5, 0.6) is 0 Å². The van der Waals surface area contributed by atoms with Crippen molar-refractivity contribution in [2.45, 2.75) is 51.7 Å². The molecule has 0 aromatic carbocycles. The molecule has 0 amide bonds. The highest BCUT2D eigenvalue weighted by molar-refractivity contribution is 4.69. The molecule has 4 heteroatoms. The number of aliphatic hydroxyl groups excluding tert-OH is 1. The Morgan fingerprint density at radius 1 is 1.25 bits per heavy atom. The lowest BCUT2D eigenvalue weighted by Crippen LogP contribution is -3.00. The minimum absolute atomic E-state index is 0. The first-order valence-electron chi connectivity index (χ1n) is 5.95. The van der Waals surface area contributed by atoms with E-state index in [0.29, 0.717) is 0 Å². The molecular formula is C12H23ClN2O. The van der Waals surface area contributed by atoms with Crippen LogP contribution in [0.25, 0.3) is 0 Å². The molecule has 1 rings (SSSR count). The summed E-state index contributed by atoms with van der Waals surface area (Å²) < 4.78 is 3.81. The van der Waals surface area contributed by atoms with Crippen LogP contribution >= 0.6 is 0 Å². The molecule has 0 bridgehead atoms. The van der Waals surface area contributed by atoms with Crippen LogP contribution in [0.1, 0.15) is 51.7 Å². The molecule has 0 fully saturated rings. The van der Waals surface area contributed by atoms with Gasteiger partial charge in [-0.15, -0.1) is 0 Å². The highest BCUT2D eigenvalue weighted by atomic mass is 35.5. The van der Waals surface area contributed by atoms with Gasteiger partial charge in [0.1, 0.15) is 12.4 Å². The third-order valence-corrected chi connectivity index (χ3v) is 2.70. The largest absolute Gasteiger partial charge is 1.00 e. The van der Waals surface area contributed by atoms with Crippen molar-refractivity contribution in [1.29, 1.82) is 0 Å². The fraction of sp³-hybridized carbons (Fsp3) is 0.750. The van der Waals surface area contributed by atoms with Crippen LogP contribution in [-0.2, 0) is 7.05 Å². The zero-order chi connectivity index (χ0) is 11.1. The smallest absolute Gasteiger partial charge is 0.245 e. The van der Waals surface area contributed by atoms with Crippen molar-refractivity contribution in [3.8, 4) is 0 Å². The summed E-state index contributed by atoms with van der Waals surface area (Å²) in [5.41, 5.74) is 0. The maximum atomic E-state index is 9.84. The minimum Gasteiger partial charge on any atom is -1.00 e. The molecule has 0 aliphatic heterocycles. The highest BCUT2D eigenvalue weighted by Crippen LogP contribution is 2.13. The second-order valence-corrected chi connectivity index (χ2v) is 4.21. The molecule has 0 saturated heterocycles. The summed E-state index contributed by atoms with van der Waals surface area (Å²) in [4.78, 5) is 0. The number of imidazole rings is 1. The van der Waals surface area contributed by atoms with Crippen molar-refractivity contribution < 1.29 is 22.1 Å². The van der Waals surface area contributed by atoms with Crippen molar-refractivity contribution >= 4 is 0 Å². The van der Waals surface area contributed by atoms with E-state index < -0.39 is 0 Å². The number of halogens is 1. The molecule has 0 radical (unpaired) electrons. The lowest BCUT2D eigenvalue weighted by atomic mass is 10.1. The van der Waals surface area contributed by atoms with Crippen LogP contribution in [0.2, 0.25) is 0 Å². The van der Waals surface area contributed by atoms with Crippen LogP contribution in [0, 0.1) is 0 Å². The van der Waals surface area contributed by atoms with Gasteiger partial charge in [0.2, 0.25) is 6.33 Å². The van der Waals surface area contributed by atoms with E-state index in [1.54, 1.807) is 0 Å². The van der Waals surface area contributed by atoms with E-state index in [1.165, 1.54) is 25.7 Å². The topological polar surface area (TPSA) is 29.0 Å². The van der Waals surface area contributed by atoms with E-state index in [0.717, 1.165) is 12.8 Å². The summed E-state index contributed by atoms with van der Waals surface area (Å²) in [6.45, 7) is 2.22. The first-order valence-corrected chi connectivity index (χ1v) is 5.95. The number of rotatable bonds is 7. The molecule has 94 valence electrons. The zero-order valence-corrected chi connectivity index (χ0v) is 11.0. The lowest BCUT2D eigenvalue weighted by molar-refractivity contribution is -0.671. The SMILES string of the molecule is CCCCCCCC(O)n1cc[n+](C)c1.[Cl-]. The summed E-state index contributed by atoms with van der Waals surface area (Å²) in [6, 6.07) is 0. The Morgan fingerprint density at radius 3 is 2.50 bits per heavy atom. The normalized spacial score (nSPS) is 12.2. The molecule has 1 heterocycles. The maximum absolute atomic E-state index is 9.84. The van der Waals surface area contributed by atoms with Gasteiger partial charge in [0, 0.05) is 6.42 Å². The molecule has 1 atom stereocenters. The Hall–Kier alpha value is -0.540. The van der Waals surface area contributed by atoms with Crippen molar-refractivity contribution in [2.75, 3.05) is 0 Å². The van der Waals surface area contributed by atoms with Gasteiger partial charge in [0.15, 0.2) is 6.23 Å². The van der Waals surface area contributed by atoms with Crippen molar-refractivity contribution in [3.05, 3.63) is 18.7 Å². The summed E-state index contributed by atoms with van der Waals surface area (Å²) in [6.07, 6.45) is 12.5. The highest BCUT2D eigenvalue weighted by Gasteiger charge is 2.11. The lowest BCUT2D eigenvalue weighted by Gasteiger charge is -2.06. The first kappa shape index (κ1) is 15.5. The van der Waals surface area contributed by atoms with Crippen LogP contribution in [0.3, 0.4) is 0 Å². The fourth-order valence-corrected chi connectivity index (χ4v) is 1.73. The van der Waals surface area contributed by atoms with Crippen LogP contribution < -0.4 is 17.0 Å². The minimum atomic E-state index is -0.354. The van der Waals surface area contributed by atoms with E-state index in [2.05, 4.69) is 6.92 Å². The molecule has 0 saturated carbocycles. The fourth-order valence-electron chi connectivity index (χ4n) is 1.73. The predicted molar refractivity (Wildman–Crippen MR) is 60.2 cm³/mol. The Kier molecular flexibility index (Phi) is 8.30. The van der Waals surface area contributed by atoms with Crippen LogP contribution in [-0.4, -0.2) is 9.67 Å². The molecule has 16 heavy (non-hydrogen) atoms. The third-order valence-electron chi connectivity index (χ3n) is 2.70. The average molecular weight is 247 g/mol. The predicted octanol–water partition coefficient (Wildman–Crippen LogP) is -0.832. The van der Waals surface area contributed by atoms with Gasteiger partial charge < -0.3 is 17.5 Å². The monoisotopic (exact) mass is 246 g/mol. The van der Waals surface area contributed by atoms with Crippen molar-refractivity contribution in [1.82, 2.24) is 4.57 Å². The molecule has 1 aromatic rings. The Morgan fingerprint density at radius 2 is 1.94 bits per heavy atom. The molecular weight excluding hydrogens is 224 g/mol. The van der Waals surface area contributed by atoms with Gasteiger partial charge >= 0.3 is 0 Å². The number of nitrogens with zero attached hydrogens (tertiary/aromatic N) is 2. The van der Waals surface area contributed by atoms with Gasteiger partial charge in [0.25, 0.3) is 0 Å². The van der Waals surface area contributed by atoms with E-state index in [1.807, 2.05) is 34.9 Å². The van der Waals surface area contributed by atoms with Crippen molar-refractivity contribution in [3.63, 3.8) is 0 Å². The summed E-state index contributed by atoms with van der Waals surface area (Å²) in [5, 5.41) is 9.84. The van der Waals surface area contributed by atoms with Gasteiger partial charge in [-0.2, -0.15) is 0 Å². The van der Waals surface area contributed by atoms with E-state index in [4.69, 9.17) is 0 Å². The van der Waals surface area contributed by atoms with Gasteiger partial charge in [-0.3, -0.25) is 0 Å². The Balaban J connectivity index is 0.00000225. The molecule has 1 N–H and O–H groups in total. The molecule has 0 aliphatic rings. The van der Waals surface area contributed by atoms with Crippen LogP contribution in [0.4, 0.5) is 0 Å². The quantitative estimate of drug-likeness (QED) is 0.494. The Bertz CT molecular complexity index is 276. The Labute approximate surface area is 105 Å². The van der Waals surface area contributed by atoms with E-state index in [-0.39, 0.29) is 18.6 Å². The average Bonchev–Trinajstić information content (AvgIpc) is 2.64. The van der Waals surface area contributed by atoms with Gasteiger partial charge in [-0.05, 0) is 6.42 Å². The van der Waals surface area contributed by atoms with Crippen LogP contribution in [0.15, 0.2) is 18.7 Å². The first-order chi connectivity index (χ1) is 7.24. The van der Waals surface area contributed by atoms with Gasteiger partial charge in [0.05, 0.1) is 7.05 Å². The molecule has 0 aliphatic carbocycles. The number of aliphatic hydroxyl groups is 1. The molecule has 1 aromatic heterocycles. The standard InChI is InChI=1S/C12H23N2O.ClH/c1-3-4-5-6-7-8-12(15)14-10-9-13(2)11-14;/h9-12,15H,3-8H2,1-2H3;1H/q+1;/p-1. The van der Waals surface area contributed by atoms with Crippen molar-refractivity contribution in [2.24, 2.45) is 7.05 Å². The van der Waals surface area contributed by atoms with Gasteiger partial charge in [-0.1, -0.05) is 32.6 Å². The number of unbranched alkanes of at least 4 members (excludes halogenated alkanes) is 4. The molecule has 0 spiro atoms. The number of aromatic nitrogens is 2. The summed E-state index contributed by atoms with van der Waals surface area (Å²) in [7, 11) is 1.96. The van der Waals surface area contributed by atoms with E-state index >= 15 is 0 Å². The second kappa shape index (κ2) is 8.59. The third kappa shape index (κ3) is 5.52. The molecule has 3 nitrogen and oxygen atoms in total. The second-order valence-electron chi connectivity index (χ2n) is 4.21. The molecule has 1 unspecified atom stereocenters. The van der Waals surface area contributed by atoms with E-state index in [9.17, 15) is 5.11 Å². The zero-order valence-electron chi connectivity index (χ0n) is 10.3. The summed E-state index contributed by atoms with van der Waals surface area (Å²) in [5.74, 6) is 0. The summed E-state index contributed by atoms with van der Waals surface area (Å²) >= 11 is 0. The number of hydrogen-bond acceptors (Lipinski definition) is 1. The maximum Gasteiger partial charge on any atom is 0.245 e.